The van der Waals surface area contributed by atoms with E-state index in [1.165, 1.54) is 16.9 Å². The minimum absolute atomic E-state index is 0.00440. The lowest BCUT2D eigenvalue weighted by Gasteiger charge is -2.28. The van der Waals surface area contributed by atoms with Crippen LogP contribution in [0.5, 0.6) is 0 Å². The molecule has 4 rings (SSSR count). The number of nitrogens with zero attached hydrogens (tertiary/aromatic N) is 1. The Morgan fingerprint density at radius 1 is 1.19 bits per heavy atom. The van der Waals surface area contributed by atoms with Crippen LogP contribution >= 0.6 is 22.9 Å². The molecule has 0 bridgehead atoms. The molecule has 3 aromatic rings. The number of sulfone groups is 1. The van der Waals surface area contributed by atoms with Crippen molar-refractivity contribution in [2.24, 2.45) is 0 Å². The van der Waals surface area contributed by atoms with Gasteiger partial charge >= 0.3 is 0 Å². The molecule has 1 atom stereocenters. The van der Waals surface area contributed by atoms with Crippen LogP contribution in [-0.2, 0) is 16.4 Å². The summed E-state index contributed by atoms with van der Waals surface area (Å²) in [6.07, 6.45) is 0.458. The lowest BCUT2D eigenvalue weighted by atomic mass is 10.0. The standard InChI is InChI=1S/C24H26ClNO3S2/c1-15(2)18-7-5-17(6-8-18)13-26(19-10-11-31(28,29)14-19)24(27)23-22(25)20-9-4-16(3)12-21(20)30-23/h4-9,12,15,19H,10-11,13-14H2,1-3H3/t19-/m0/s1. The molecule has 0 radical (unpaired) electrons. The van der Waals surface area contributed by atoms with E-state index in [9.17, 15) is 13.2 Å². The van der Waals surface area contributed by atoms with E-state index >= 15 is 0 Å². The predicted molar refractivity (Wildman–Crippen MR) is 129 cm³/mol. The molecular formula is C24H26ClNO3S2. The third kappa shape index (κ3) is 4.66. The molecule has 1 aliphatic rings. The Hall–Kier alpha value is -1.89. The highest BCUT2D eigenvalue weighted by atomic mass is 35.5. The molecule has 0 N–H and O–H groups in total. The molecule has 1 amide bonds. The third-order valence-electron chi connectivity index (χ3n) is 5.89. The van der Waals surface area contributed by atoms with Crippen LogP contribution in [-0.4, -0.2) is 36.8 Å². The summed E-state index contributed by atoms with van der Waals surface area (Å²) in [5.41, 5.74) is 3.32. The molecule has 7 heteroatoms. The van der Waals surface area contributed by atoms with Gasteiger partial charge in [0.05, 0.1) is 16.5 Å². The zero-order valence-electron chi connectivity index (χ0n) is 17.9. The minimum Gasteiger partial charge on any atom is -0.330 e. The maximum Gasteiger partial charge on any atom is 0.266 e. The van der Waals surface area contributed by atoms with Gasteiger partial charge in [0.15, 0.2) is 9.84 Å². The predicted octanol–water partition coefficient (Wildman–Crippen LogP) is 5.82. The normalized spacial score (nSPS) is 18.0. The summed E-state index contributed by atoms with van der Waals surface area (Å²) in [6.45, 7) is 6.64. The van der Waals surface area contributed by atoms with Crippen molar-refractivity contribution < 1.29 is 13.2 Å². The van der Waals surface area contributed by atoms with E-state index in [1.54, 1.807) is 4.90 Å². The van der Waals surface area contributed by atoms with E-state index in [2.05, 4.69) is 26.0 Å². The van der Waals surface area contributed by atoms with Crippen LogP contribution in [0.1, 0.15) is 52.5 Å². The van der Waals surface area contributed by atoms with Crippen LogP contribution in [0, 0.1) is 6.92 Å². The maximum absolute atomic E-state index is 13.7. The lowest BCUT2D eigenvalue weighted by molar-refractivity contribution is 0.0686. The zero-order chi connectivity index (χ0) is 22.3. The van der Waals surface area contributed by atoms with E-state index in [-0.39, 0.29) is 23.5 Å². The second kappa shape index (κ2) is 8.57. The van der Waals surface area contributed by atoms with Crippen molar-refractivity contribution in [1.82, 2.24) is 4.90 Å². The molecular weight excluding hydrogens is 450 g/mol. The summed E-state index contributed by atoms with van der Waals surface area (Å²) in [7, 11) is -3.13. The van der Waals surface area contributed by atoms with Gasteiger partial charge in [-0.2, -0.15) is 0 Å². The van der Waals surface area contributed by atoms with Gasteiger partial charge in [0.25, 0.3) is 5.91 Å². The number of amides is 1. The summed E-state index contributed by atoms with van der Waals surface area (Å²) in [6, 6.07) is 13.8. The average molecular weight is 476 g/mol. The van der Waals surface area contributed by atoms with E-state index in [1.807, 2.05) is 37.3 Å². The molecule has 0 saturated carbocycles. The Balaban J connectivity index is 1.70. The van der Waals surface area contributed by atoms with Crippen LogP contribution in [0.15, 0.2) is 42.5 Å². The van der Waals surface area contributed by atoms with Crippen molar-refractivity contribution in [2.45, 2.75) is 45.7 Å². The number of carbonyl (C=O) groups is 1. The number of benzene rings is 2. The summed E-state index contributed by atoms with van der Waals surface area (Å²) < 4.78 is 25.3. The molecule has 31 heavy (non-hydrogen) atoms. The van der Waals surface area contributed by atoms with Gasteiger partial charge in [-0.25, -0.2) is 8.42 Å². The van der Waals surface area contributed by atoms with Gasteiger partial charge < -0.3 is 4.90 Å². The molecule has 0 unspecified atom stereocenters. The van der Waals surface area contributed by atoms with E-state index in [0.717, 1.165) is 21.2 Å². The highest BCUT2D eigenvalue weighted by Gasteiger charge is 2.36. The molecule has 2 heterocycles. The fourth-order valence-electron chi connectivity index (χ4n) is 4.03. The van der Waals surface area contributed by atoms with Crippen LogP contribution in [0.4, 0.5) is 0 Å². The number of fused-ring (bicyclic) bond motifs is 1. The van der Waals surface area contributed by atoms with Crippen molar-refractivity contribution >= 4 is 48.8 Å². The Labute approximate surface area is 192 Å². The fourth-order valence-corrected chi connectivity index (χ4v) is 7.33. The molecule has 1 saturated heterocycles. The molecule has 1 fully saturated rings. The second-order valence-electron chi connectivity index (χ2n) is 8.63. The number of carbonyl (C=O) groups excluding carboxylic acids is 1. The van der Waals surface area contributed by atoms with Crippen molar-refractivity contribution in [1.29, 1.82) is 0 Å². The summed E-state index contributed by atoms with van der Waals surface area (Å²) in [5, 5.41) is 1.31. The second-order valence-corrected chi connectivity index (χ2v) is 12.3. The Bertz CT molecular complexity index is 1230. The zero-order valence-corrected chi connectivity index (χ0v) is 20.3. The van der Waals surface area contributed by atoms with Crippen LogP contribution in [0.25, 0.3) is 10.1 Å². The monoisotopic (exact) mass is 475 g/mol. The topological polar surface area (TPSA) is 54.5 Å². The first-order valence-electron chi connectivity index (χ1n) is 10.4. The molecule has 0 spiro atoms. The number of hydrogen-bond donors (Lipinski definition) is 0. The van der Waals surface area contributed by atoms with E-state index < -0.39 is 9.84 Å². The largest absolute Gasteiger partial charge is 0.330 e. The molecule has 4 nitrogen and oxygen atoms in total. The van der Waals surface area contributed by atoms with Crippen LogP contribution in [0.3, 0.4) is 0 Å². The van der Waals surface area contributed by atoms with Gasteiger partial charge in [-0.3, -0.25) is 4.79 Å². The summed E-state index contributed by atoms with van der Waals surface area (Å²) >= 11 is 7.99. The molecule has 2 aromatic carbocycles. The quantitative estimate of drug-likeness (QED) is 0.467. The SMILES string of the molecule is Cc1ccc2c(Cl)c(C(=O)N(Cc3ccc(C(C)C)cc3)[C@H]3CCS(=O)(=O)C3)sc2c1. The van der Waals surface area contributed by atoms with E-state index in [0.29, 0.717) is 28.8 Å². The lowest BCUT2D eigenvalue weighted by Crippen LogP contribution is -2.40. The van der Waals surface area contributed by atoms with Crippen molar-refractivity contribution in [3.05, 3.63) is 69.1 Å². The van der Waals surface area contributed by atoms with Gasteiger partial charge in [0.1, 0.15) is 4.88 Å². The van der Waals surface area contributed by atoms with Crippen molar-refractivity contribution in [2.75, 3.05) is 11.5 Å². The Morgan fingerprint density at radius 2 is 1.90 bits per heavy atom. The van der Waals surface area contributed by atoms with E-state index in [4.69, 9.17) is 11.6 Å². The molecule has 0 aliphatic carbocycles. The molecule has 1 aromatic heterocycles. The fraction of sp³-hybridized carbons (Fsp3) is 0.375. The van der Waals surface area contributed by atoms with Crippen LogP contribution < -0.4 is 0 Å². The molecule has 1 aliphatic heterocycles. The van der Waals surface area contributed by atoms with Crippen molar-refractivity contribution in [3.63, 3.8) is 0 Å². The Morgan fingerprint density at radius 3 is 2.52 bits per heavy atom. The number of hydrogen-bond acceptors (Lipinski definition) is 4. The first kappa shape index (κ1) is 22.3. The van der Waals surface area contributed by atoms with Gasteiger partial charge in [0.2, 0.25) is 0 Å². The smallest absolute Gasteiger partial charge is 0.266 e. The summed E-state index contributed by atoms with van der Waals surface area (Å²) in [5.74, 6) is 0.351. The molecule has 164 valence electrons. The number of aryl methyl sites for hydroxylation is 1. The van der Waals surface area contributed by atoms with Gasteiger partial charge in [-0.15, -0.1) is 11.3 Å². The number of halogens is 1. The first-order valence-corrected chi connectivity index (χ1v) is 13.4. The minimum atomic E-state index is -3.13. The summed E-state index contributed by atoms with van der Waals surface area (Å²) in [4.78, 5) is 15.8. The van der Waals surface area contributed by atoms with Gasteiger partial charge in [-0.05, 0) is 42.0 Å². The van der Waals surface area contributed by atoms with Crippen LogP contribution in [0.2, 0.25) is 5.02 Å². The van der Waals surface area contributed by atoms with Crippen molar-refractivity contribution in [3.8, 4) is 0 Å². The highest BCUT2D eigenvalue weighted by molar-refractivity contribution is 7.91. The number of thiophene rings is 1. The number of rotatable bonds is 5. The Kier molecular flexibility index (Phi) is 6.16. The first-order chi connectivity index (χ1) is 14.6. The maximum atomic E-state index is 13.7. The average Bonchev–Trinajstić information content (AvgIpc) is 3.24. The van der Waals surface area contributed by atoms with Gasteiger partial charge in [-0.1, -0.05) is 61.8 Å². The third-order valence-corrected chi connectivity index (χ3v) is 9.28. The van der Waals surface area contributed by atoms with Gasteiger partial charge in [0, 0.05) is 22.7 Å². The highest BCUT2D eigenvalue weighted by Crippen LogP contribution is 2.37.